The van der Waals surface area contributed by atoms with Gasteiger partial charge >= 0.3 is 0 Å². The number of hydrogen-bond acceptors (Lipinski definition) is 1. The third kappa shape index (κ3) is 0.644. The number of ether oxygens (including phenoxy) is 1. The van der Waals surface area contributed by atoms with Crippen LogP contribution in [0.3, 0.4) is 0 Å². The molecular weight excluding hydrogens is 112 g/mol. The van der Waals surface area contributed by atoms with Crippen LogP contribution >= 0.6 is 0 Å². The van der Waals surface area contributed by atoms with Gasteiger partial charge in [-0.15, -0.1) is 0 Å². The van der Waals surface area contributed by atoms with Gasteiger partial charge in [0.15, 0.2) is 0 Å². The smallest absolute Gasteiger partial charge is 0.0635 e. The van der Waals surface area contributed by atoms with Crippen molar-refractivity contribution in [2.75, 3.05) is 0 Å². The van der Waals surface area contributed by atoms with Crippen LogP contribution < -0.4 is 0 Å². The maximum atomic E-state index is 5.52. The van der Waals surface area contributed by atoms with Crippen molar-refractivity contribution in [1.82, 2.24) is 0 Å². The normalized spacial score (nSPS) is 47.7. The highest BCUT2D eigenvalue weighted by Crippen LogP contribution is 2.46. The molecule has 0 N–H and O–H groups in total. The van der Waals surface area contributed by atoms with Gasteiger partial charge in [0.1, 0.15) is 0 Å². The Labute approximate surface area is 56.4 Å². The molecule has 0 radical (unpaired) electrons. The summed E-state index contributed by atoms with van der Waals surface area (Å²) in [6.45, 7) is 4.61. The van der Waals surface area contributed by atoms with Crippen LogP contribution in [0.15, 0.2) is 0 Å². The van der Waals surface area contributed by atoms with Crippen LogP contribution in [0.1, 0.15) is 26.7 Å². The molecule has 1 nitrogen and oxygen atoms in total. The van der Waals surface area contributed by atoms with Crippen LogP contribution in [-0.2, 0) is 4.74 Å². The Hall–Kier alpha value is -0.0400. The summed E-state index contributed by atoms with van der Waals surface area (Å²) < 4.78 is 5.52. The van der Waals surface area contributed by atoms with E-state index in [4.69, 9.17) is 4.74 Å². The van der Waals surface area contributed by atoms with Gasteiger partial charge in [-0.05, 0) is 18.8 Å². The van der Waals surface area contributed by atoms with E-state index < -0.39 is 0 Å². The van der Waals surface area contributed by atoms with Gasteiger partial charge in [0.05, 0.1) is 12.2 Å². The minimum absolute atomic E-state index is 0.648. The highest BCUT2D eigenvalue weighted by molar-refractivity contribution is 4.97. The largest absolute Gasteiger partial charge is 0.374 e. The number of rotatable bonds is 1. The van der Waals surface area contributed by atoms with Gasteiger partial charge in [0.25, 0.3) is 0 Å². The molecule has 2 unspecified atom stereocenters. The highest BCUT2D eigenvalue weighted by atomic mass is 16.5. The van der Waals surface area contributed by atoms with E-state index in [9.17, 15) is 0 Å². The van der Waals surface area contributed by atoms with Gasteiger partial charge in [-0.2, -0.15) is 0 Å². The summed E-state index contributed by atoms with van der Waals surface area (Å²) in [5, 5.41) is 0. The Morgan fingerprint density at radius 2 is 1.78 bits per heavy atom. The highest BCUT2D eigenvalue weighted by Gasteiger charge is 2.49. The summed E-state index contributed by atoms with van der Waals surface area (Å²) in [6, 6.07) is 0. The van der Waals surface area contributed by atoms with Crippen molar-refractivity contribution < 1.29 is 4.74 Å². The van der Waals surface area contributed by atoms with Gasteiger partial charge in [-0.3, -0.25) is 0 Å². The SMILES string of the molecule is CC(C)C1C2CCC1O2. The fraction of sp³-hybridized carbons (Fsp3) is 1.00. The Bertz CT molecular complexity index is 106. The first-order chi connectivity index (χ1) is 4.29. The zero-order valence-electron chi connectivity index (χ0n) is 6.13. The molecule has 2 aliphatic heterocycles. The molecule has 3 fully saturated rings. The lowest BCUT2D eigenvalue weighted by Gasteiger charge is -2.38. The lowest BCUT2D eigenvalue weighted by atomic mass is 9.86. The van der Waals surface area contributed by atoms with Gasteiger partial charge in [0.2, 0.25) is 0 Å². The zero-order valence-corrected chi connectivity index (χ0v) is 6.13. The monoisotopic (exact) mass is 126 g/mol. The molecule has 1 aliphatic carbocycles. The van der Waals surface area contributed by atoms with E-state index in [0.29, 0.717) is 12.2 Å². The minimum atomic E-state index is 0.648. The predicted octanol–water partition coefficient (Wildman–Crippen LogP) is 1.82. The van der Waals surface area contributed by atoms with E-state index in [2.05, 4.69) is 13.8 Å². The topological polar surface area (TPSA) is 9.23 Å². The lowest BCUT2D eigenvalue weighted by Crippen LogP contribution is -2.43. The summed E-state index contributed by atoms with van der Waals surface area (Å²) >= 11 is 0. The second kappa shape index (κ2) is 1.72. The van der Waals surface area contributed by atoms with Gasteiger partial charge in [0, 0.05) is 5.92 Å². The van der Waals surface area contributed by atoms with E-state index in [-0.39, 0.29) is 0 Å². The third-order valence-electron chi connectivity index (χ3n) is 2.71. The van der Waals surface area contributed by atoms with Crippen LogP contribution in [0.4, 0.5) is 0 Å². The molecule has 3 rings (SSSR count). The molecule has 1 heteroatoms. The fourth-order valence-corrected chi connectivity index (χ4v) is 2.26. The molecule has 0 amide bonds. The molecule has 2 atom stereocenters. The standard InChI is InChI=1S/C8H14O/c1-5(2)8-6-3-4-7(8)9-6/h5-8H,3-4H2,1-2H3. The van der Waals surface area contributed by atoms with Crippen LogP contribution in [0, 0.1) is 11.8 Å². The first kappa shape index (κ1) is 5.72. The Kier molecular flexibility index (Phi) is 1.10. The average Bonchev–Trinajstić information content (AvgIpc) is 2.13. The second-order valence-electron chi connectivity index (χ2n) is 3.61. The molecule has 0 aromatic heterocycles. The summed E-state index contributed by atoms with van der Waals surface area (Å²) in [5.74, 6) is 1.75. The van der Waals surface area contributed by atoms with Crippen molar-refractivity contribution >= 4 is 0 Å². The quantitative estimate of drug-likeness (QED) is 0.520. The molecule has 2 saturated heterocycles. The van der Waals surface area contributed by atoms with Gasteiger partial charge in [-0.25, -0.2) is 0 Å². The van der Waals surface area contributed by atoms with Crippen molar-refractivity contribution in [1.29, 1.82) is 0 Å². The Morgan fingerprint density at radius 3 is 2.00 bits per heavy atom. The maximum absolute atomic E-state index is 5.52. The van der Waals surface area contributed by atoms with Crippen molar-refractivity contribution in [3.63, 3.8) is 0 Å². The fourth-order valence-electron chi connectivity index (χ4n) is 2.26. The number of fused-ring (bicyclic) bond motifs is 1. The lowest BCUT2D eigenvalue weighted by molar-refractivity contribution is -0.147. The molecule has 52 valence electrons. The predicted molar refractivity (Wildman–Crippen MR) is 36.2 cm³/mol. The van der Waals surface area contributed by atoms with E-state index in [1.54, 1.807) is 0 Å². The number of hydrogen-bond donors (Lipinski definition) is 0. The maximum Gasteiger partial charge on any atom is 0.0635 e. The molecule has 1 saturated carbocycles. The summed E-state index contributed by atoms with van der Waals surface area (Å²) in [5.41, 5.74) is 0. The summed E-state index contributed by atoms with van der Waals surface area (Å²) in [4.78, 5) is 0. The van der Waals surface area contributed by atoms with Crippen molar-refractivity contribution in [2.24, 2.45) is 11.8 Å². The molecule has 9 heavy (non-hydrogen) atoms. The first-order valence-corrected chi connectivity index (χ1v) is 3.94. The van der Waals surface area contributed by atoms with Crippen molar-refractivity contribution in [3.05, 3.63) is 0 Å². The molecule has 0 spiro atoms. The molecule has 0 aromatic carbocycles. The molecular formula is C8H14O. The summed E-state index contributed by atoms with van der Waals surface area (Å²) in [6.07, 6.45) is 3.95. The minimum Gasteiger partial charge on any atom is -0.374 e. The molecule has 2 heterocycles. The second-order valence-corrected chi connectivity index (χ2v) is 3.61. The van der Waals surface area contributed by atoms with Crippen LogP contribution in [0.25, 0.3) is 0 Å². The van der Waals surface area contributed by atoms with Crippen molar-refractivity contribution in [2.45, 2.75) is 38.9 Å². The third-order valence-corrected chi connectivity index (χ3v) is 2.71. The van der Waals surface area contributed by atoms with E-state index in [1.807, 2.05) is 0 Å². The van der Waals surface area contributed by atoms with E-state index in [0.717, 1.165) is 11.8 Å². The molecule has 0 aromatic rings. The van der Waals surface area contributed by atoms with E-state index in [1.165, 1.54) is 12.8 Å². The van der Waals surface area contributed by atoms with E-state index >= 15 is 0 Å². The van der Waals surface area contributed by atoms with Gasteiger partial charge < -0.3 is 4.74 Å². The molecule has 3 aliphatic rings. The van der Waals surface area contributed by atoms with Crippen LogP contribution in [0.5, 0.6) is 0 Å². The zero-order chi connectivity index (χ0) is 6.43. The first-order valence-electron chi connectivity index (χ1n) is 3.94. The van der Waals surface area contributed by atoms with Crippen molar-refractivity contribution in [3.8, 4) is 0 Å². The van der Waals surface area contributed by atoms with Crippen LogP contribution in [0.2, 0.25) is 0 Å². The molecule has 2 bridgehead atoms. The van der Waals surface area contributed by atoms with Gasteiger partial charge in [-0.1, -0.05) is 13.8 Å². The van der Waals surface area contributed by atoms with Crippen LogP contribution in [-0.4, -0.2) is 12.2 Å². The summed E-state index contributed by atoms with van der Waals surface area (Å²) in [7, 11) is 0. The Balaban J connectivity index is 2.02. The average molecular weight is 126 g/mol. The Morgan fingerprint density at radius 1 is 1.22 bits per heavy atom.